The van der Waals surface area contributed by atoms with Crippen molar-refractivity contribution in [2.24, 2.45) is 0 Å². The minimum absolute atomic E-state index is 0.0359. The largest absolute Gasteiger partial charge is 0.375 e. The van der Waals surface area contributed by atoms with Crippen LogP contribution in [0.25, 0.3) is 5.65 Å². The van der Waals surface area contributed by atoms with E-state index < -0.39 is 0 Å². The molecule has 0 aliphatic carbocycles. The van der Waals surface area contributed by atoms with Gasteiger partial charge in [0.1, 0.15) is 5.65 Å². The molecule has 2 aromatic rings. The number of imidazole rings is 1. The van der Waals surface area contributed by atoms with Gasteiger partial charge in [-0.05, 0) is 12.1 Å². The molecule has 0 aromatic carbocycles. The summed E-state index contributed by atoms with van der Waals surface area (Å²) in [6.07, 6.45) is 4.89. The van der Waals surface area contributed by atoms with Crippen LogP contribution in [0, 0.1) is 0 Å². The molecule has 3 heterocycles. The SMILES string of the molecule is COC1(Cc2cnc3ccccn23)CNC1. The number of hydrogen-bond donors (Lipinski definition) is 1. The lowest BCUT2D eigenvalue weighted by molar-refractivity contribution is -0.0510. The Bertz CT molecular complexity index is 496. The molecular weight excluding hydrogens is 202 g/mol. The second-order valence-electron chi connectivity index (χ2n) is 4.35. The number of hydrogen-bond acceptors (Lipinski definition) is 3. The van der Waals surface area contributed by atoms with Crippen LogP contribution in [0.5, 0.6) is 0 Å². The van der Waals surface area contributed by atoms with E-state index in [2.05, 4.69) is 14.7 Å². The van der Waals surface area contributed by atoms with Crippen LogP contribution in [0.15, 0.2) is 30.6 Å². The van der Waals surface area contributed by atoms with Crippen LogP contribution in [-0.2, 0) is 11.2 Å². The van der Waals surface area contributed by atoms with Gasteiger partial charge < -0.3 is 14.5 Å². The van der Waals surface area contributed by atoms with E-state index in [1.165, 1.54) is 5.69 Å². The van der Waals surface area contributed by atoms with Gasteiger partial charge in [0.25, 0.3) is 0 Å². The van der Waals surface area contributed by atoms with Crippen molar-refractivity contribution in [1.29, 1.82) is 0 Å². The molecule has 0 spiro atoms. The van der Waals surface area contributed by atoms with Crippen molar-refractivity contribution in [3.63, 3.8) is 0 Å². The van der Waals surface area contributed by atoms with E-state index >= 15 is 0 Å². The summed E-state index contributed by atoms with van der Waals surface area (Å²) in [6, 6.07) is 6.04. The number of nitrogens with zero attached hydrogens (tertiary/aromatic N) is 2. The summed E-state index contributed by atoms with van der Waals surface area (Å²) >= 11 is 0. The first-order valence-electron chi connectivity index (χ1n) is 5.50. The summed E-state index contributed by atoms with van der Waals surface area (Å²) in [5.74, 6) is 0. The predicted octanol–water partition coefficient (Wildman–Crippen LogP) is 0.865. The van der Waals surface area contributed by atoms with E-state index in [-0.39, 0.29) is 5.60 Å². The summed E-state index contributed by atoms with van der Waals surface area (Å²) in [7, 11) is 1.78. The molecule has 0 saturated carbocycles. The summed E-state index contributed by atoms with van der Waals surface area (Å²) in [5, 5.41) is 3.26. The predicted molar refractivity (Wildman–Crippen MR) is 61.5 cm³/mol. The maximum absolute atomic E-state index is 5.59. The zero-order valence-electron chi connectivity index (χ0n) is 9.31. The first-order valence-corrected chi connectivity index (χ1v) is 5.50. The molecule has 2 aromatic heterocycles. The highest BCUT2D eigenvalue weighted by atomic mass is 16.5. The van der Waals surface area contributed by atoms with E-state index in [1.807, 2.05) is 30.6 Å². The number of fused-ring (bicyclic) bond motifs is 1. The van der Waals surface area contributed by atoms with Crippen molar-refractivity contribution in [2.75, 3.05) is 20.2 Å². The van der Waals surface area contributed by atoms with Crippen LogP contribution in [0.3, 0.4) is 0 Å². The summed E-state index contributed by atoms with van der Waals surface area (Å²) in [6.45, 7) is 1.84. The number of rotatable bonds is 3. The number of ether oxygens (including phenoxy) is 1. The van der Waals surface area contributed by atoms with Gasteiger partial charge in [-0.25, -0.2) is 4.98 Å². The number of methoxy groups -OCH3 is 1. The lowest BCUT2D eigenvalue weighted by Crippen LogP contribution is -2.62. The molecule has 1 N–H and O–H groups in total. The fourth-order valence-electron chi connectivity index (χ4n) is 2.19. The van der Waals surface area contributed by atoms with Crippen molar-refractivity contribution < 1.29 is 4.74 Å². The maximum atomic E-state index is 5.59. The van der Waals surface area contributed by atoms with Crippen LogP contribution in [0.1, 0.15) is 5.69 Å². The molecule has 3 rings (SSSR count). The van der Waals surface area contributed by atoms with Gasteiger partial charge in [-0.2, -0.15) is 0 Å². The van der Waals surface area contributed by atoms with Crippen LogP contribution in [-0.4, -0.2) is 35.2 Å². The van der Waals surface area contributed by atoms with E-state index in [9.17, 15) is 0 Å². The van der Waals surface area contributed by atoms with Crippen LogP contribution >= 0.6 is 0 Å². The second kappa shape index (κ2) is 3.57. The van der Waals surface area contributed by atoms with Crippen molar-refractivity contribution >= 4 is 5.65 Å². The van der Waals surface area contributed by atoms with Gasteiger partial charge >= 0.3 is 0 Å². The summed E-state index contributed by atoms with van der Waals surface area (Å²) < 4.78 is 7.72. The third kappa shape index (κ3) is 1.42. The van der Waals surface area contributed by atoms with Crippen molar-refractivity contribution in [1.82, 2.24) is 14.7 Å². The highest BCUT2D eigenvalue weighted by Crippen LogP contribution is 2.22. The Morgan fingerprint density at radius 3 is 3.06 bits per heavy atom. The monoisotopic (exact) mass is 217 g/mol. The smallest absolute Gasteiger partial charge is 0.136 e. The number of pyridine rings is 1. The molecule has 1 fully saturated rings. The standard InChI is InChI=1S/C12H15N3O/c1-16-12(8-13-9-12)6-10-7-14-11-4-2-3-5-15(10)11/h2-5,7,13H,6,8-9H2,1H3. The molecular formula is C12H15N3O. The second-order valence-corrected chi connectivity index (χ2v) is 4.35. The lowest BCUT2D eigenvalue weighted by Gasteiger charge is -2.41. The normalized spacial score (nSPS) is 18.6. The Kier molecular flexibility index (Phi) is 2.19. The van der Waals surface area contributed by atoms with Crippen molar-refractivity contribution in [3.05, 3.63) is 36.3 Å². The molecule has 1 aliphatic heterocycles. The van der Waals surface area contributed by atoms with E-state index in [4.69, 9.17) is 4.74 Å². The third-order valence-electron chi connectivity index (χ3n) is 3.32. The topological polar surface area (TPSA) is 38.6 Å². The van der Waals surface area contributed by atoms with E-state index in [0.29, 0.717) is 0 Å². The molecule has 0 amide bonds. The average molecular weight is 217 g/mol. The van der Waals surface area contributed by atoms with Crippen molar-refractivity contribution in [2.45, 2.75) is 12.0 Å². The fraction of sp³-hybridized carbons (Fsp3) is 0.417. The number of nitrogens with one attached hydrogen (secondary N) is 1. The third-order valence-corrected chi connectivity index (χ3v) is 3.32. The zero-order valence-corrected chi connectivity index (χ0v) is 9.31. The van der Waals surface area contributed by atoms with Gasteiger partial charge in [0.15, 0.2) is 0 Å². The Labute approximate surface area is 94.3 Å². The van der Waals surface area contributed by atoms with Gasteiger partial charge in [0.2, 0.25) is 0 Å². The van der Waals surface area contributed by atoms with Gasteiger partial charge in [-0.15, -0.1) is 0 Å². The Morgan fingerprint density at radius 2 is 2.38 bits per heavy atom. The first kappa shape index (κ1) is 9.81. The molecule has 1 saturated heterocycles. The van der Waals surface area contributed by atoms with E-state index in [1.54, 1.807) is 7.11 Å². The Balaban J connectivity index is 1.94. The fourth-order valence-corrected chi connectivity index (χ4v) is 2.19. The molecule has 1 aliphatic rings. The summed E-state index contributed by atoms with van der Waals surface area (Å²) in [5.41, 5.74) is 2.17. The molecule has 0 bridgehead atoms. The zero-order chi connectivity index (χ0) is 11.0. The molecule has 4 nitrogen and oxygen atoms in total. The van der Waals surface area contributed by atoms with E-state index in [0.717, 1.165) is 25.2 Å². The molecule has 0 unspecified atom stereocenters. The van der Waals surface area contributed by atoms with Crippen LogP contribution < -0.4 is 5.32 Å². The quantitative estimate of drug-likeness (QED) is 0.829. The Morgan fingerprint density at radius 1 is 1.50 bits per heavy atom. The molecule has 0 atom stereocenters. The van der Waals surface area contributed by atoms with Crippen LogP contribution in [0.4, 0.5) is 0 Å². The maximum Gasteiger partial charge on any atom is 0.136 e. The Hall–Kier alpha value is -1.39. The highest BCUT2D eigenvalue weighted by Gasteiger charge is 2.37. The minimum atomic E-state index is -0.0359. The van der Waals surface area contributed by atoms with Gasteiger partial charge in [0, 0.05) is 44.7 Å². The molecule has 16 heavy (non-hydrogen) atoms. The van der Waals surface area contributed by atoms with Crippen LogP contribution in [0.2, 0.25) is 0 Å². The van der Waals surface area contributed by atoms with Gasteiger partial charge in [-0.1, -0.05) is 6.07 Å². The minimum Gasteiger partial charge on any atom is -0.375 e. The molecule has 84 valence electrons. The summed E-state index contributed by atoms with van der Waals surface area (Å²) in [4.78, 5) is 4.38. The average Bonchev–Trinajstić information content (AvgIpc) is 2.67. The lowest BCUT2D eigenvalue weighted by atomic mass is 9.91. The highest BCUT2D eigenvalue weighted by molar-refractivity contribution is 5.40. The number of aromatic nitrogens is 2. The molecule has 4 heteroatoms. The van der Waals surface area contributed by atoms with Gasteiger partial charge in [0.05, 0.1) is 5.60 Å². The first-order chi connectivity index (χ1) is 7.83. The van der Waals surface area contributed by atoms with Gasteiger partial charge in [-0.3, -0.25) is 0 Å². The van der Waals surface area contributed by atoms with Crippen molar-refractivity contribution in [3.8, 4) is 0 Å². The molecule has 0 radical (unpaired) electrons.